The van der Waals surface area contributed by atoms with Crippen LogP contribution in [0.2, 0.25) is 0 Å². The molecular formula is C14H21ClO. The van der Waals surface area contributed by atoms with Gasteiger partial charge >= 0.3 is 0 Å². The minimum absolute atomic E-state index is 0.255. The average molecular weight is 241 g/mol. The molecule has 0 radical (unpaired) electrons. The van der Waals surface area contributed by atoms with E-state index in [0.717, 1.165) is 25.9 Å². The van der Waals surface area contributed by atoms with Crippen molar-refractivity contribution in [2.24, 2.45) is 0 Å². The van der Waals surface area contributed by atoms with Crippen molar-refractivity contribution in [1.82, 2.24) is 0 Å². The third-order valence-corrected chi connectivity index (χ3v) is 3.13. The van der Waals surface area contributed by atoms with Gasteiger partial charge in [0.15, 0.2) is 0 Å². The first-order valence-electron chi connectivity index (χ1n) is 5.79. The molecule has 0 amide bonds. The van der Waals surface area contributed by atoms with Gasteiger partial charge in [0.05, 0.1) is 12.7 Å². The molecule has 1 heterocycles. The summed E-state index contributed by atoms with van der Waals surface area (Å²) in [4.78, 5) is 0. The van der Waals surface area contributed by atoms with Crippen molar-refractivity contribution in [3.05, 3.63) is 35.5 Å². The zero-order valence-electron chi connectivity index (χ0n) is 10.3. The summed E-state index contributed by atoms with van der Waals surface area (Å²) in [6.45, 7) is 8.88. The fraction of sp³-hybridized carbons (Fsp3) is 0.571. The lowest BCUT2D eigenvalue weighted by Gasteiger charge is -2.05. The van der Waals surface area contributed by atoms with Gasteiger partial charge in [0.1, 0.15) is 0 Å². The standard InChI is InChI=1S/C14H21ClO/c1-11(5-4-6-12(2)9-15)7-14-8-13(3)10-16-14/h6-7,14H,3-5,8-10H2,1-2H3. The molecule has 1 atom stereocenters. The van der Waals surface area contributed by atoms with Crippen LogP contribution in [0.4, 0.5) is 0 Å². The molecule has 0 aromatic heterocycles. The number of hydrogen-bond acceptors (Lipinski definition) is 1. The molecule has 0 spiro atoms. The first-order valence-corrected chi connectivity index (χ1v) is 6.32. The molecule has 2 heteroatoms. The van der Waals surface area contributed by atoms with Crippen molar-refractivity contribution in [3.63, 3.8) is 0 Å². The van der Waals surface area contributed by atoms with Crippen LogP contribution in [-0.4, -0.2) is 18.6 Å². The van der Waals surface area contributed by atoms with Gasteiger partial charge in [0.25, 0.3) is 0 Å². The van der Waals surface area contributed by atoms with Gasteiger partial charge in [0, 0.05) is 12.3 Å². The van der Waals surface area contributed by atoms with Crippen LogP contribution < -0.4 is 0 Å². The van der Waals surface area contributed by atoms with Crippen LogP contribution in [-0.2, 0) is 4.74 Å². The van der Waals surface area contributed by atoms with Gasteiger partial charge < -0.3 is 4.74 Å². The van der Waals surface area contributed by atoms with E-state index in [1.54, 1.807) is 0 Å². The summed E-state index contributed by atoms with van der Waals surface area (Å²) in [5, 5.41) is 0. The first kappa shape index (κ1) is 13.5. The molecule has 90 valence electrons. The van der Waals surface area contributed by atoms with E-state index in [1.165, 1.54) is 16.7 Å². The maximum absolute atomic E-state index is 5.71. The molecule has 1 saturated heterocycles. The summed E-state index contributed by atoms with van der Waals surface area (Å²) in [7, 11) is 0. The molecule has 1 fully saturated rings. The monoisotopic (exact) mass is 240 g/mol. The Morgan fingerprint density at radius 3 is 2.81 bits per heavy atom. The molecular weight excluding hydrogens is 220 g/mol. The smallest absolute Gasteiger partial charge is 0.0800 e. The lowest BCUT2D eigenvalue weighted by atomic mass is 10.1. The fourth-order valence-corrected chi connectivity index (χ4v) is 1.84. The third-order valence-electron chi connectivity index (χ3n) is 2.70. The number of halogens is 1. The molecule has 1 aliphatic heterocycles. The number of hydrogen-bond donors (Lipinski definition) is 0. The Morgan fingerprint density at radius 2 is 2.25 bits per heavy atom. The van der Waals surface area contributed by atoms with E-state index in [9.17, 15) is 0 Å². The predicted molar refractivity (Wildman–Crippen MR) is 71.0 cm³/mol. The SMILES string of the molecule is C=C1COC(C=C(C)CCC=C(C)CCl)C1. The Morgan fingerprint density at radius 1 is 1.50 bits per heavy atom. The molecule has 0 aliphatic carbocycles. The van der Waals surface area contributed by atoms with Gasteiger partial charge in [-0.3, -0.25) is 0 Å². The van der Waals surface area contributed by atoms with Crippen LogP contribution in [0, 0.1) is 0 Å². The van der Waals surface area contributed by atoms with Gasteiger partial charge in [-0.25, -0.2) is 0 Å². The molecule has 1 rings (SSSR count). The van der Waals surface area contributed by atoms with Crippen LogP contribution in [0.25, 0.3) is 0 Å². The number of allylic oxidation sites excluding steroid dienone is 3. The molecule has 1 nitrogen and oxygen atoms in total. The molecule has 0 N–H and O–H groups in total. The van der Waals surface area contributed by atoms with E-state index in [2.05, 4.69) is 32.6 Å². The van der Waals surface area contributed by atoms with Crippen molar-refractivity contribution in [3.8, 4) is 0 Å². The topological polar surface area (TPSA) is 9.23 Å². The van der Waals surface area contributed by atoms with Crippen molar-refractivity contribution in [2.45, 2.75) is 39.2 Å². The molecule has 1 aliphatic rings. The van der Waals surface area contributed by atoms with E-state index >= 15 is 0 Å². The van der Waals surface area contributed by atoms with E-state index in [1.807, 2.05) is 0 Å². The molecule has 0 saturated carbocycles. The number of ether oxygens (including phenoxy) is 1. The molecule has 0 aromatic rings. The zero-order chi connectivity index (χ0) is 12.0. The Kier molecular flexibility index (Phi) is 5.86. The predicted octanol–water partition coefficient (Wildman–Crippen LogP) is 4.24. The van der Waals surface area contributed by atoms with Crippen molar-refractivity contribution >= 4 is 11.6 Å². The van der Waals surface area contributed by atoms with E-state index in [0.29, 0.717) is 5.88 Å². The van der Waals surface area contributed by atoms with Gasteiger partial charge in [-0.1, -0.05) is 29.9 Å². The Labute approximate surface area is 104 Å². The molecule has 16 heavy (non-hydrogen) atoms. The van der Waals surface area contributed by atoms with Gasteiger partial charge in [-0.15, -0.1) is 11.6 Å². The number of alkyl halides is 1. The highest BCUT2D eigenvalue weighted by atomic mass is 35.5. The van der Waals surface area contributed by atoms with Crippen LogP contribution in [0.1, 0.15) is 33.1 Å². The maximum atomic E-state index is 5.71. The molecule has 0 aromatic carbocycles. The van der Waals surface area contributed by atoms with Crippen LogP contribution in [0.15, 0.2) is 35.5 Å². The highest BCUT2D eigenvalue weighted by Crippen LogP contribution is 2.20. The third kappa shape index (κ3) is 5.00. The fourth-order valence-electron chi connectivity index (χ4n) is 1.74. The van der Waals surface area contributed by atoms with Crippen molar-refractivity contribution < 1.29 is 4.74 Å². The number of rotatable bonds is 5. The maximum Gasteiger partial charge on any atom is 0.0800 e. The minimum atomic E-state index is 0.255. The lowest BCUT2D eigenvalue weighted by Crippen LogP contribution is -2.00. The largest absolute Gasteiger partial charge is 0.369 e. The van der Waals surface area contributed by atoms with E-state index in [-0.39, 0.29) is 6.10 Å². The minimum Gasteiger partial charge on any atom is -0.369 e. The Bertz CT molecular complexity index is 302. The van der Waals surface area contributed by atoms with E-state index < -0.39 is 0 Å². The second kappa shape index (κ2) is 6.93. The quantitative estimate of drug-likeness (QED) is 0.516. The highest BCUT2D eigenvalue weighted by molar-refractivity contribution is 6.19. The van der Waals surface area contributed by atoms with Crippen LogP contribution in [0.3, 0.4) is 0 Å². The van der Waals surface area contributed by atoms with Gasteiger partial charge in [0.2, 0.25) is 0 Å². The zero-order valence-corrected chi connectivity index (χ0v) is 11.0. The summed E-state index contributed by atoms with van der Waals surface area (Å²) < 4.78 is 5.57. The van der Waals surface area contributed by atoms with Gasteiger partial charge in [-0.05, 0) is 32.3 Å². The van der Waals surface area contributed by atoms with Crippen molar-refractivity contribution in [2.75, 3.05) is 12.5 Å². The Balaban J connectivity index is 2.31. The summed E-state index contributed by atoms with van der Waals surface area (Å²) in [6, 6.07) is 0. The van der Waals surface area contributed by atoms with Crippen LogP contribution in [0.5, 0.6) is 0 Å². The van der Waals surface area contributed by atoms with Crippen molar-refractivity contribution in [1.29, 1.82) is 0 Å². The summed E-state index contributed by atoms with van der Waals surface area (Å²) in [5.74, 6) is 0.633. The molecule has 0 bridgehead atoms. The normalized spacial score (nSPS) is 22.9. The van der Waals surface area contributed by atoms with E-state index in [4.69, 9.17) is 16.3 Å². The average Bonchev–Trinajstić information content (AvgIpc) is 2.63. The Hall–Kier alpha value is -0.530. The first-order chi connectivity index (χ1) is 7.61. The second-order valence-electron chi connectivity index (χ2n) is 4.54. The lowest BCUT2D eigenvalue weighted by molar-refractivity contribution is 0.149. The second-order valence-corrected chi connectivity index (χ2v) is 4.81. The molecule has 1 unspecified atom stereocenters. The summed E-state index contributed by atoms with van der Waals surface area (Å²) in [6.07, 6.45) is 7.81. The van der Waals surface area contributed by atoms with Crippen LogP contribution >= 0.6 is 11.6 Å². The summed E-state index contributed by atoms with van der Waals surface area (Å²) >= 11 is 5.71. The van der Waals surface area contributed by atoms with Gasteiger partial charge in [-0.2, -0.15) is 0 Å². The summed E-state index contributed by atoms with van der Waals surface area (Å²) in [5.41, 5.74) is 3.84. The highest BCUT2D eigenvalue weighted by Gasteiger charge is 2.15.